The van der Waals surface area contributed by atoms with Crippen LogP contribution in [-0.2, 0) is 4.79 Å². The van der Waals surface area contributed by atoms with Crippen LogP contribution in [0, 0.1) is 11.3 Å². The quantitative estimate of drug-likeness (QED) is 0.660. The van der Waals surface area contributed by atoms with Crippen LogP contribution in [0.15, 0.2) is 24.8 Å². The maximum absolute atomic E-state index is 12.5. The highest BCUT2D eigenvalue weighted by Crippen LogP contribution is 2.34. The van der Waals surface area contributed by atoms with Crippen molar-refractivity contribution in [2.24, 2.45) is 0 Å². The minimum atomic E-state index is -0.171. The lowest BCUT2D eigenvalue weighted by Gasteiger charge is -2.36. The number of nitrogens with zero attached hydrogens (tertiary/aromatic N) is 2. The third-order valence-corrected chi connectivity index (χ3v) is 5.21. The Morgan fingerprint density at radius 3 is 2.61 bits per heavy atom. The van der Waals surface area contributed by atoms with Crippen LogP contribution in [0.5, 0.6) is 0 Å². The summed E-state index contributed by atoms with van der Waals surface area (Å²) in [6, 6.07) is 8.30. The molecule has 120 valence electrons. The Morgan fingerprint density at radius 1 is 1.39 bits per heavy atom. The maximum Gasteiger partial charge on any atom is 0.251 e. The molecular formula is C18H22N4O. The van der Waals surface area contributed by atoms with Gasteiger partial charge >= 0.3 is 0 Å². The first-order chi connectivity index (χ1) is 11.0. The van der Waals surface area contributed by atoms with E-state index in [0.29, 0.717) is 34.5 Å². The molecule has 5 nitrogen and oxygen atoms in total. The molecule has 2 aliphatic rings. The van der Waals surface area contributed by atoms with Gasteiger partial charge in [0.25, 0.3) is 5.91 Å². The van der Waals surface area contributed by atoms with E-state index in [2.05, 4.69) is 23.8 Å². The van der Waals surface area contributed by atoms with Gasteiger partial charge in [-0.3, -0.25) is 4.79 Å². The summed E-state index contributed by atoms with van der Waals surface area (Å²) in [5.41, 5.74) is 7.78. The molecule has 0 aromatic heterocycles. The van der Waals surface area contributed by atoms with Crippen LogP contribution in [-0.4, -0.2) is 36.0 Å². The molecule has 1 aromatic carbocycles. The SMILES string of the molecule is C=C(C(=O)NC1CC2CCC(C1)N2C)c1ccc(C#N)cc1N. The van der Waals surface area contributed by atoms with Gasteiger partial charge in [-0.05, 0) is 44.9 Å². The van der Waals surface area contributed by atoms with Gasteiger partial charge in [-0.1, -0.05) is 12.6 Å². The number of carbonyl (C=O) groups excluding carboxylic acids is 1. The zero-order chi connectivity index (χ0) is 16.6. The number of nitrogen functional groups attached to an aromatic ring is 1. The van der Waals surface area contributed by atoms with Gasteiger partial charge in [0.2, 0.25) is 0 Å². The summed E-state index contributed by atoms with van der Waals surface area (Å²) in [4.78, 5) is 14.9. The number of fused-ring (bicyclic) bond motifs is 2. The molecule has 0 aliphatic carbocycles. The number of nitrogens with two attached hydrogens (primary N) is 1. The minimum Gasteiger partial charge on any atom is -0.398 e. The molecule has 5 heteroatoms. The highest BCUT2D eigenvalue weighted by molar-refractivity contribution is 6.20. The summed E-state index contributed by atoms with van der Waals surface area (Å²) in [5.74, 6) is -0.171. The van der Waals surface area contributed by atoms with Crippen molar-refractivity contribution in [3.05, 3.63) is 35.9 Å². The summed E-state index contributed by atoms with van der Waals surface area (Å²) in [7, 11) is 2.18. The van der Waals surface area contributed by atoms with E-state index in [-0.39, 0.29) is 11.9 Å². The third-order valence-electron chi connectivity index (χ3n) is 5.21. The fourth-order valence-corrected chi connectivity index (χ4v) is 3.83. The first-order valence-corrected chi connectivity index (χ1v) is 8.01. The van der Waals surface area contributed by atoms with E-state index in [1.807, 2.05) is 6.07 Å². The van der Waals surface area contributed by atoms with Crippen LogP contribution in [0.25, 0.3) is 5.57 Å². The van der Waals surface area contributed by atoms with Crippen molar-refractivity contribution in [1.82, 2.24) is 10.2 Å². The molecule has 3 rings (SSSR count). The largest absolute Gasteiger partial charge is 0.398 e. The normalized spacial score (nSPS) is 26.5. The van der Waals surface area contributed by atoms with Crippen molar-refractivity contribution in [2.75, 3.05) is 12.8 Å². The number of benzene rings is 1. The predicted molar refractivity (Wildman–Crippen MR) is 90.3 cm³/mol. The van der Waals surface area contributed by atoms with Crippen molar-refractivity contribution >= 4 is 17.2 Å². The zero-order valence-corrected chi connectivity index (χ0v) is 13.4. The first kappa shape index (κ1) is 15.6. The smallest absolute Gasteiger partial charge is 0.251 e. The van der Waals surface area contributed by atoms with Gasteiger partial charge in [-0.15, -0.1) is 0 Å². The van der Waals surface area contributed by atoms with Gasteiger partial charge in [-0.2, -0.15) is 5.26 Å². The van der Waals surface area contributed by atoms with Gasteiger partial charge in [0.05, 0.1) is 11.6 Å². The van der Waals surface area contributed by atoms with Crippen LogP contribution >= 0.6 is 0 Å². The average Bonchev–Trinajstić information content (AvgIpc) is 2.75. The monoisotopic (exact) mass is 310 g/mol. The summed E-state index contributed by atoms with van der Waals surface area (Å²) >= 11 is 0. The van der Waals surface area contributed by atoms with E-state index < -0.39 is 0 Å². The van der Waals surface area contributed by atoms with Crippen LogP contribution < -0.4 is 11.1 Å². The van der Waals surface area contributed by atoms with Gasteiger partial charge in [0, 0.05) is 34.9 Å². The van der Waals surface area contributed by atoms with Crippen molar-refractivity contribution in [1.29, 1.82) is 5.26 Å². The standard InChI is InChI=1S/C18H22N4O/c1-11(16-6-3-12(10-19)7-17(16)20)18(23)21-13-8-14-4-5-15(9-13)22(14)2/h3,6-7,13-15H,1,4-5,8-9,20H2,2H3,(H,21,23). The second-order valence-corrected chi connectivity index (χ2v) is 6.58. The Balaban J connectivity index is 1.67. The molecule has 0 spiro atoms. The molecule has 0 radical (unpaired) electrons. The van der Waals surface area contributed by atoms with Gasteiger partial charge in [0.1, 0.15) is 0 Å². The second kappa shape index (κ2) is 6.05. The van der Waals surface area contributed by atoms with Gasteiger partial charge < -0.3 is 16.0 Å². The average molecular weight is 310 g/mol. The zero-order valence-electron chi connectivity index (χ0n) is 13.4. The van der Waals surface area contributed by atoms with Gasteiger partial charge in [-0.25, -0.2) is 0 Å². The number of hydrogen-bond donors (Lipinski definition) is 2. The van der Waals surface area contributed by atoms with E-state index in [9.17, 15) is 4.79 Å². The molecule has 1 aromatic rings. The maximum atomic E-state index is 12.5. The van der Waals surface area contributed by atoms with E-state index in [4.69, 9.17) is 11.0 Å². The van der Waals surface area contributed by atoms with E-state index in [1.54, 1.807) is 18.2 Å². The summed E-state index contributed by atoms with van der Waals surface area (Å²) < 4.78 is 0. The van der Waals surface area contributed by atoms with Crippen LogP contribution in [0.1, 0.15) is 36.8 Å². The van der Waals surface area contributed by atoms with Crippen LogP contribution in [0.4, 0.5) is 5.69 Å². The highest BCUT2D eigenvalue weighted by Gasteiger charge is 2.38. The minimum absolute atomic E-state index is 0.171. The Hall–Kier alpha value is -2.32. The second-order valence-electron chi connectivity index (χ2n) is 6.58. The number of anilines is 1. The topological polar surface area (TPSA) is 82.2 Å². The fourth-order valence-electron chi connectivity index (χ4n) is 3.83. The Kier molecular flexibility index (Phi) is 4.10. The van der Waals surface area contributed by atoms with Gasteiger partial charge in [0.15, 0.2) is 0 Å². The number of nitrogens with one attached hydrogen (secondary N) is 1. The molecule has 2 bridgehead atoms. The summed E-state index contributed by atoms with van der Waals surface area (Å²) in [6.45, 7) is 3.89. The Morgan fingerprint density at radius 2 is 2.04 bits per heavy atom. The summed E-state index contributed by atoms with van der Waals surface area (Å²) in [5, 5.41) is 12.0. The molecule has 23 heavy (non-hydrogen) atoms. The molecule has 2 saturated heterocycles. The summed E-state index contributed by atoms with van der Waals surface area (Å²) in [6.07, 6.45) is 4.43. The van der Waals surface area contributed by atoms with Crippen molar-refractivity contribution in [3.8, 4) is 6.07 Å². The predicted octanol–water partition coefficient (Wildman–Crippen LogP) is 1.90. The fraction of sp³-hybridized carbons (Fsp3) is 0.444. The van der Waals surface area contributed by atoms with E-state index in [0.717, 1.165) is 12.8 Å². The number of rotatable bonds is 3. The highest BCUT2D eigenvalue weighted by atomic mass is 16.1. The Bertz CT molecular complexity index is 677. The number of hydrogen-bond acceptors (Lipinski definition) is 4. The molecule has 2 heterocycles. The van der Waals surface area contributed by atoms with E-state index >= 15 is 0 Å². The van der Waals surface area contributed by atoms with Crippen LogP contribution in [0.3, 0.4) is 0 Å². The van der Waals surface area contributed by atoms with Crippen molar-refractivity contribution < 1.29 is 4.79 Å². The third kappa shape index (κ3) is 2.95. The molecular weight excluding hydrogens is 288 g/mol. The lowest BCUT2D eigenvalue weighted by molar-refractivity contribution is -0.116. The molecule has 2 fully saturated rings. The molecule has 2 atom stereocenters. The van der Waals surface area contributed by atoms with Crippen molar-refractivity contribution in [2.45, 2.75) is 43.8 Å². The molecule has 3 N–H and O–H groups in total. The van der Waals surface area contributed by atoms with Crippen LogP contribution in [0.2, 0.25) is 0 Å². The number of nitriles is 1. The number of piperidine rings is 1. The molecule has 2 aliphatic heterocycles. The molecule has 0 saturated carbocycles. The van der Waals surface area contributed by atoms with E-state index in [1.165, 1.54) is 12.8 Å². The van der Waals surface area contributed by atoms with Crippen molar-refractivity contribution in [3.63, 3.8) is 0 Å². The number of carbonyl (C=O) groups is 1. The number of amides is 1. The molecule has 1 amide bonds. The Labute approximate surface area is 136 Å². The lowest BCUT2D eigenvalue weighted by atomic mass is 9.96. The first-order valence-electron chi connectivity index (χ1n) is 8.01. The molecule has 2 unspecified atom stereocenters. The lowest BCUT2D eigenvalue weighted by Crippen LogP contribution is -2.48.